The van der Waals surface area contributed by atoms with Crippen LogP contribution >= 0.6 is 11.3 Å². The minimum Gasteiger partial charge on any atom is -0.504 e. The zero-order chi connectivity index (χ0) is 17.8. The van der Waals surface area contributed by atoms with Crippen LogP contribution in [0.3, 0.4) is 0 Å². The Labute approximate surface area is 149 Å². The SMILES string of the molecule is COc1cc(-c2cccc(C(CC(=O)O)c3nccs3)c2)ccc1O. The molecule has 2 aromatic carbocycles. The summed E-state index contributed by atoms with van der Waals surface area (Å²) in [5.41, 5.74) is 2.69. The number of carbonyl (C=O) groups is 1. The van der Waals surface area contributed by atoms with E-state index in [1.54, 1.807) is 24.4 Å². The number of methoxy groups -OCH3 is 1. The van der Waals surface area contributed by atoms with E-state index in [2.05, 4.69) is 4.98 Å². The maximum Gasteiger partial charge on any atom is 0.304 e. The number of carboxylic acid groups (broad SMARTS) is 1. The molecule has 0 saturated carbocycles. The maximum absolute atomic E-state index is 11.3. The first-order valence-electron chi connectivity index (χ1n) is 7.67. The number of ether oxygens (including phenoxy) is 1. The van der Waals surface area contributed by atoms with Gasteiger partial charge in [0.25, 0.3) is 0 Å². The summed E-state index contributed by atoms with van der Waals surface area (Å²) in [5.74, 6) is -0.688. The lowest BCUT2D eigenvalue weighted by atomic mass is 9.93. The number of thiazole rings is 1. The smallest absolute Gasteiger partial charge is 0.304 e. The highest BCUT2D eigenvalue weighted by atomic mass is 32.1. The number of nitrogens with zero attached hydrogens (tertiary/aromatic N) is 1. The molecule has 0 bridgehead atoms. The molecule has 1 unspecified atom stereocenters. The Kier molecular flexibility index (Phi) is 5.00. The molecule has 3 rings (SSSR count). The molecule has 0 radical (unpaired) electrons. The minimum atomic E-state index is -0.864. The lowest BCUT2D eigenvalue weighted by molar-refractivity contribution is -0.137. The fourth-order valence-corrected chi connectivity index (χ4v) is 3.49. The van der Waals surface area contributed by atoms with E-state index in [-0.39, 0.29) is 18.1 Å². The van der Waals surface area contributed by atoms with Crippen LogP contribution in [0, 0.1) is 0 Å². The van der Waals surface area contributed by atoms with Crippen LogP contribution in [0.1, 0.15) is 22.9 Å². The van der Waals surface area contributed by atoms with Crippen molar-refractivity contribution in [2.24, 2.45) is 0 Å². The molecule has 1 heterocycles. The van der Waals surface area contributed by atoms with Gasteiger partial charge in [-0.15, -0.1) is 11.3 Å². The van der Waals surface area contributed by atoms with Crippen molar-refractivity contribution in [3.05, 3.63) is 64.6 Å². The summed E-state index contributed by atoms with van der Waals surface area (Å²) in [6, 6.07) is 12.8. The predicted molar refractivity (Wildman–Crippen MR) is 96.3 cm³/mol. The first-order valence-corrected chi connectivity index (χ1v) is 8.55. The number of hydrogen-bond donors (Lipinski definition) is 2. The van der Waals surface area contributed by atoms with Crippen molar-refractivity contribution in [3.63, 3.8) is 0 Å². The van der Waals surface area contributed by atoms with Crippen molar-refractivity contribution in [1.82, 2.24) is 4.98 Å². The molecule has 25 heavy (non-hydrogen) atoms. The van der Waals surface area contributed by atoms with Crippen LogP contribution in [0.5, 0.6) is 11.5 Å². The van der Waals surface area contributed by atoms with Gasteiger partial charge in [-0.2, -0.15) is 0 Å². The maximum atomic E-state index is 11.3. The van der Waals surface area contributed by atoms with E-state index in [4.69, 9.17) is 4.74 Å². The standard InChI is InChI=1S/C19H17NO4S/c1-24-17-10-13(5-6-16(17)21)12-3-2-4-14(9-12)15(11-18(22)23)19-20-7-8-25-19/h2-10,15,21H,11H2,1H3,(H,22,23). The third kappa shape index (κ3) is 3.80. The first-order chi connectivity index (χ1) is 12.1. The Morgan fingerprint density at radius 2 is 2.04 bits per heavy atom. The second-order valence-electron chi connectivity index (χ2n) is 5.53. The Balaban J connectivity index is 2.01. The third-order valence-electron chi connectivity index (χ3n) is 3.93. The molecule has 0 aliphatic carbocycles. The second-order valence-corrected chi connectivity index (χ2v) is 6.46. The largest absolute Gasteiger partial charge is 0.504 e. The van der Waals surface area contributed by atoms with Crippen LogP contribution < -0.4 is 4.74 Å². The van der Waals surface area contributed by atoms with Gasteiger partial charge in [0.15, 0.2) is 11.5 Å². The van der Waals surface area contributed by atoms with E-state index in [0.717, 1.165) is 21.7 Å². The number of hydrogen-bond acceptors (Lipinski definition) is 5. The number of rotatable bonds is 6. The molecule has 5 nitrogen and oxygen atoms in total. The molecule has 3 aromatic rings. The van der Waals surface area contributed by atoms with Crippen molar-refractivity contribution in [2.75, 3.05) is 7.11 Å². The molecule has 1 atom stereocenters. The zero-order valence-electron chi connectivity index (χ0n) is 13.5. The second kappa shape index (κ2) is 7.36. The molecule has 6 heteroatoms. The molecule has 0 aliphatic heterocycles. The van der Waals surface area contributed by atoms with E-state index in [0.29, 0.717) is 5.75 Å². The summed E-state index contributed by atoms with van der Waals surface area (Å²) in [6.45, 7) is 0. The normalized spacial score (nSPS) is 11.9. The van der Waals surface area contributed by atoms with Crippen LogP contribution in [-0.2, 0) is 4.79 Å². The number of phenols is 1. The summed E-state index contributed by atoms with van der Waals surface area (Å²) in [6.07, 6.45) is 1.67. The summed E-state index contributed by atoms with van der Waals surface area (Å²) >= 11 is 1.45. The fraction of sp³-hybridized carbons (Fsp3) is 0.158. The van der Waals surface area contributed by atoms with Crippen LogP contribution in [0.2, 0.25) is 0 Å². The number of aliphatic carboxylic acids is 1. The first kappa shape index (κ1) is 17.0. The minimum absolute atomic E-state index is 0.0180. The molecule has 0 spiro atoms. The number of phenolic OH excluding ortho intramolecular Hbond substituents is 1. The Bertz CT molecular complexity index is 877. The number of carboxylic acids is 1. The Hall–Kier alpha value is -2.86. The molecular weight excluding hydrogens is 338 g/mol. The number of aromatic nitrogens is 1. The van der Waals surface area contributed by atoms with Crippen LogP contribution in [0.25, 0.3) is 11.1 Å². The van der Waals surface area contributed by atoms with Crippen molar-refractivity contribution in [1.29, 1.82) is 0 Å². The molecule has 0 saturated heterocycles. The van der Waals surface area contributed by atoms with Crippen LogP contribution in [0.4, 0.5) is 0 Å². The highest BCUT2D eigenvalue weighted by molar-refractivity contribution is 7.09. The summed E-state index contributed by atoms with van der Waals surface area (Å²) in [5, 5.41) is 21.6. The number of aromatic hydroxyl groups is 1. The predicted octanol–water partition coefficient (Wildman–Crippen LogP) is 4.13. The van der Waals surface area contributed by atoms with E-state index in [9.17, 15) is 15.0 Å². The Morgan fingerprint density at radius 3 is 2.72 bits per heavy atom. The van der Waals surface area contributed by atoms with Gasteiger partial charge < -0.3 is 14.9 Å². The highest BCUT2D eigenvalue weighted by Gasteiger charge is 2.20. The van der Waals surface area contributed by atoms with Gasteiger partial charge in [0, 0.05) is 17.5 Å². The molecule has 1 aromatic heterocycles. The average Bonchev–Trinajstić information content (AvgIpc) is 3.14. The average molecular weight is 355 g/mol. The number of benzene rings is 2. The highest BCUT2D eigenvalue weighted by Crippen LogP contribution is 2.35. The van der Waals surface area contributed by atoms with Gasteiger partial charge in [0.1, 0.15) is 5.01 Å². The van der Waals surface area contributed by atoms with Gasteiger partial charge >= 0.3 is 5.97 Å². The molecule has 0 fully saturated rings. The lowest BCUT2D eigenvalue weighted by Gasteiger charge is -2.14. The van der Waals surface area contributed by atoms with Gasteiger partial charge in [0.05, 0.1) is 13.5 Å². The fourth-order valence-electron chi connectivity index (χ4n) is 2.72. The van der Waals surface area contributed by atoms with Crippen molar-refractivity contribution in [2.45, 2.75) is 12.3 Å². The van der Waals surface area contributed by atoms with Gasteiger partial charge in [-0.25, -0.2) is 4.98 Å². The lowest BCUT2D eigenvalue weighted by Crippen LogP contribution is -2.07. The molecule has 0 amide bonds. The van der Waals surface area contributed by atoms with Crippen molar-refractivity contribution < 1.29 is 19.7 Å². The van der Waals surface area contributed by atoms with Crippen molar-refractivity contribution in [3.8, 4) is 22.6 Å². The van der Waals surface area contributed by atoms with E-state index in [1.165, 1.54) is 18.4 Å². The van der Waals surface area contributed by atoms with Gasteiger partial charge in [-0.05, 0) is 28.8 Å². The van der Waals surface area contributed by atoms with Crippen molar-refractivity contribution >= 4 is 17.3 Å². The Morgan fingerprint density at radius 1 is 1.24 bits per heavy atom. The van der Waals surface area contributed by atoms with Crippen LogP contribution in [-0.4, -0.2) is 28.3 Å². The summed E-state index contributed by atoms with van der Waals surface area (Å²) in [7, 11) is 1.50. The van der Waals surface area contributed by atoms with Gasteiger partial charge in [0.2, 0.25) is 0 Å². The van der Waals surface area contributed by atoms with Gasteiger partial charge in [-0.1, -0.05) is 30.3 Å². The monoisotopic (exact) mass is 355 g/mol. The molecular formula is C19H17NO4S. The molecule has 2 N–H and O–H groups in total. The third-order valence-corrected chi connectivity index (χ3v) is 4.82. The summed E-state index contributed by atoms with van der Waals surface area (Å²) in [4.78, 5) is 15.6. The van der Waals surface area contributed by atoms with Gasteiger partial charge in [-0.3, -0.25) is 4.79 Å². The summed E-state index contributed by atoms with van der Waals surface area (Å²) < 4.78 is 5.16. The zero-order valence-corrected chi connectivity index (χ0v) is 14.4. The van der Waals surface area contributed by atoms with E-state index < -0.39 is 5.97 Å². The van der Waals surface area contributed by atoms with E-state index in [1.807, 2.05) is 29.6 Å². The molecule has 128 valence electrons. The topological polar surface area (TPSA) is 79.7 Å². The van der Waals surface area contributed by atoms with Crippen LogP contribution in [0.15, 0.2) is 54.0 Å². The molecule has 0 aliphatic rings. The van der Waals surface area contributed by atoms with E-state index >= 15 is 0 Å². The quantitative estimate of drug-likeness (QED) is 0.695.